The van der Waals surface area contributed by atoms with Gasteiger partial charge in [0.2, 0.25) is 0 Å². The molecule has 0 nitrogen and oxygen atoms in total. The molecule has 1 saturated carbocycles. The molecule has 0 aromatic rings. The van der Waals surface area contributed by atoms with E-state index >= 15 is 0 Å². The normalized spacial score (nSPS) is 20.2. The summed E-state index contributed by atoms with van der Waals surface area (Å²) in [5, 5.41) is 0. The molecule has 25 heavy (non-hydrogen) atoms. The van der Waals surface area contributed by atoms with Crippen molar-refractivity contribution in [2.75, 3.05) is 0 Å². The molecule has 0 aliphatic heterocycles. The summed E-state index contributed by atoms with van der Waals surface area (Å²) >= 11 is 0. The van der Waals surface area contributed by atoms with Gasteiger partial charge in [0, 0.05) is 0 Å². The Morgan fingerprint density at radius 1 is 0.560 bits per heavy atom. The Bertz CT molecular complexity index is 290. The van der Waals surface area contributed by atoms with E-state index in [4.69, 9.17) is 0 Å². The third kappa shape index (κ3) is 12.9. The van der Waals surface area contributed by atoms with Crippen LogP contribution in [-0.4, -0.2) is 0 Å². The maximum atomic E-state index is 2.52. The average Bonchev–Trinajstić information content (AvgIpc) is 3.32. The van der Waals surface area contributed by atoms with Crippen LogP contribution < -0.4 is 0 Å². The molecule has 0 amide bonds. The molecule has 150 valence electrons. The number of unbranched alkanes of at least 4 members (excludes halogenated alkanes) is 10. The van der Waals surface area contributed by atoms with Crippen molar-refractivity contribution in [3.05, 3.63) is 0 Å². The third-order valence-electron chi connectivity index (χ3n) is 6.63. The van der Waals surface area contributed by atoms with E-state index in [-0.39, 0.29) is 0 Å². The second-order valence-corrected chi connectivity index (χ2v) is 9.89. The van der Waals surface area contributed by atoms with Gasteiger partial charge in [-0.05, 0) is 36.5 Å². The van der Waals surface area contributed by atoms with E-state index < -0.39 is 0 Å². The van der Waals surface area contributed by atoms with Gasteiger partial charge in [0.05, 0.1) is 0 Å². The maximum absolute atomic E-state index is 2.52. The zero-order valence-electron chi connectivity index (χ0n) is 18.4. The SMILES string of the molecule is CCCCCCCCCCC(C)(C)CCCC1CC1CCCCCC. The first-order valence-corrected chi connectivity index (χ1v) is 12.1. The Hall–Kier alpha value is 0. The third-order valence-corrected chi connectivity index (χ3v) is 6.63. The molecule has 0 aromatic carbocycles. The van der Waals surface area contributed by atoms with Crippen LogP contribution in [0.5, 0.6) is 0 Å². The van der Waals surface area contributed by atoms with E-state index in [1.165, 1.54) is 109 Å². The smallest absolute Gasteiger partial charge is 0.0354 e. The predicted molar refractivity (Wildman–Crippen MR) is 115 cm³/mol. The minimum atomic E-state index is 0.591. The Labute approximate surface area is 160 Å². The molecular weight excluding hydrogens is 300 g/mol. The van der Waals surface area contributed by atoms with Crippen molar-refractivity contribution in [1.82, 2.24) is 0 Å². The van der Waals surface area contributed by atoms with Crippen LogP contribution in [0.3, 0.4) is 0 Å². The molecular formula is C25H50. The first-order valence-electron chi connectivity index (χ1n) is 12.1. The molecule has 0 heteroatoms. The van der Waals surface area contributed by atoms with Crippen LogP contribution in [0, 0.1) is 17.3 Å². The van der Waals surface area contributed by atoms with Crippen molar-refractivity contribution in [3.8, 4) is 0 Å². The molecule has 0 aromatic heterocycles. The van der Waals surface area contributed by atoms with Gasteiger partial charge in [-0.1, -0.05) is 124 Å². The van der Waals surface area contributed by atoms with E-state index in [9.17, 15) is 0 Å². The Morgan fingerprint density at radius 2 is 1.00 bits per heavy atom. The molecule has 0 radical (unpaired) electrons. The molecule has 1 aliphatic rings. The summed E-state index contributed by atoms with van der Waals surface area (Å²) in [4.78, 5) is 0. The summed E-state index contributed by atoms with van der Waals surface area (Å²) < 4.78 is 0. The maximum Gasteiger partial charge on any atom is -0.0354 e. The van der Waals surface area contributed by atoms with Crippen molar-refractivity contribution < 1.29 is 0 Å². The Morgan fingerprint density at radius 3 is 1.60 bits per heavy atom. The molecule has 1 rings (SSSR count). The van der Waals surface area contributed by atoms with Crippen molar-refractivity contribution >= 4 is 0 Å². The van der Waals surface area contributed by atoms with Gasteiger partial charge in [0.25, 0.3) is 0 Å². The quantitative estimate of drug-likeness (QED) is 0.216. The van der Waals surface area contributed by atoms with E-state index in [1.54, 1.807) is 6.42 Å². The van der Waals surface area contributed by atoms with Gasteiger partial charge in [-0.25, -0.2) is 0 Å². The molecule has 1 fully saturated rings. The standard InChI is InChI=1S/C25H50/c1-5-7-9-11-12-13-14-16-20-25(3,4)21-17-19-24-22-23(24)18-15-10-8-6-2/h23-24H,5-22H2,1-4H3. The van der Waals surface area contributed by atoms with Gasteiger partial charge in [-0.15, -0.1) is 0 Å². The zero-order chi connectivity index (χ0) is 18.4. The van der Waals surface area contributed by atoms with Crippen molar-refractivity contribution in [2.45, 2.75) is 143 Å². The second kappa shape index (κ2) is 14.1. The van der Waals surface area contributed by atoms with Crippen molar-refractivity contribution in [1.29, 1.82) is 0 Å². The first-order chi connectivity index (χ1) is 12.1. The monoisotopic (exact) mass is 350 g/mol. The van der Waals surface area contributed by atoms with Gasteiger partial charge in [-0.2, -0.15) is 0 Å². The van der Waals surface area contributed by atoms with Gasteiger partial charge < -0.3 is 0 Å². The minimum Gasteiger partial charge on any atom is -0.0654 e. The predicted octanol–water partition coefficient (Wildman–Crippen LogP) is 9.32. The van der Waals surface area contributed by atoms with Crippen LogP contribution in [0.25, 0.3) is 0 Å². The van der Waals surface area contributed by atoms with Crippen molar-refractivity contribution in [3.63, 3.8) is 0 Å². The summed E-state index contributed by atoms with van der Waals surface area (Å²) in [5.74, 6) is 2.23. The summed E-state index contributed by atoms with van der Waals surface area (Å²) in [5.41, 5.74) is 0.591. The molecule has 0 saturated heterocycles. The van der Waals surface area contributed by atoms with Crippen LogP contribution in [0.4, 0.5) is 0 Å². The van der Waals surface area contributed by atoms with Crippen LogP contribution in [0.2, 0.25) is 0 Å². The zero-order valence-corrected chi connectivity index (χ0v) is 18.4. The molecule has 0 N–H and O–H groups in total. The van der Waals surface area contributed by atoms with Crippen LogP contribution in [0.15, 0.2) is 0 Å². The fraction of sp³-hybridized carbons (Fsp3) is 1.00. The van der Waals surface area contributed by atoms with E-state index in [2.05, 4.69) is 27.7 Å². The molecule has 1 aliphatic carbocycles. The largest absolute Gasteiger partial charge is 0.0654 e. The molecule has 0 heterocycles. The second-order valence-electron chi connectivity index (χ2n) is 9.89. The number of hydrogen-bond donors (Lipinski definition) is 0. The molecule has 2 atom stereocenters. The van der Waals surface area contributed by atoms with Crippen LogP contribution >= 0.6 is 0 Å². The highest BCUT2D eigenvalue weighted by molar-refractivity contribution is 4.86. The van der Waals surface area contributed by atoms with Gasteiger partial charge in [-0.3, -0.25) is 0 Å². The lowest BCUT2D eigenvalue weighted by molar-refractivity contribution is 0.280. The highest BCUT2D eigenvalue weighted by Gasteiger charge is 2.35. The van der Waals surface area contributed by atoms with Crippen LogP contribution in [0.1, 0.15) is 143 Å². The Balaban J connectivity index is 1.90. The summed E-state index contributed by atoms with van der Waals surface area (Å²) in [6, 6.07) is 0. The van der Waals surface area contributed by atoms with Gasteiger partial charge in [0.15, 0.2) is 0 Å². The summed E-state index contributed by atoms with van der Waals surface area (Å²) in [6.07, 6.45) is 26.4. The molecule has 0 spiro atoms. The van der Waals surface area contributed by atoms with Gasteiger partial charge >= 0.3 is 0 Å². The molecule has 0 bridgehead atoms. The van der Waals surface area contributed by atoms with Crippen molar-refractivity contribution in [2.24, 2.45) is 17.3 Å². The lowest BCUT2D eigenvalue weighted by Crippen LogP contribution is -2.11. The van der Waals surface area contributed by atoms with E-state index in [1.807, 2.05) is 0 Å². The topological polar surface area (TPSA) is 0 Å². The van der Waals surface area contributed by atoms with Crippen LogP contribution in [-0.2, 0) is 0 Å². The Kier molecular flexibility index (Phi) is 13.0. The number of rotatable bonds is 18. The first kappa shape index (κ1) is 23.0. The minimum absolute atomic E-state index is 0.591. The summed E-state index contributed by atoms with van der Waals surface area (Å²) in [6.45, 7) is 9.65. The average molecular weight is 351 g/mol. The molecule has 2 unspecified atom stereocenters. The fourth-order valence-corrected chi connectivity index (χ4v) is 4.56. The lowest BCUT2D eigenvalue weighted by atomic mass is 9.81. The number of hydrogen-bond acceptors (Lipinski definition) is 0. The van der Waals surface area contributed by atoms with Gasteiger partial charge in [0.1, 0.15) is 0 Å². The highest BCUT2D eigenvalue weighted by Crippen LogP contribution is 2.46. The highest BCUT2D eigenvalue weighted by atomic mass is 14.4. The summed E-state index contributed by atoms with van der Waals surface area (Å²) in [7, 11) is 0. The van der Waals surface area contributed by atoms with E-state index in [0.717, 1.165) is 11.8 Å². The lowest BCUT2D eigenvalue weighted by Gasteiger charge is -2.24. The fourth-order valence-electron chi connectivity index (χ4n) is 4.56. The van der Waals surface area contributed by atoms with E-state index in [0.29, 0.717) is 5.41 Å².